The second-order valence-electron chi connectivity index (χ2n) is 14.6. The van der Waals surface area contributed by atoms with E-state index in [0.717, 1.165) is 0 Å². The minimum Gasteiger partial charge on any atom is -0.508 e. The van der Waals surface area contributed by atoms with E-state index in [0.29, 0.717) is 49.9 Å². The average molecular weight is 754 g/mol. The van der Waals surface area contributed by atoms with Gasteiger partial charge in [0.1, 0.15) is 36.0 Å². The number of aromatic nitrogens is 3. The third kappa shape index (κ3) is 11.7. The van der Waals surface area contributed by atoms with Crippen molar-refractivity contribution in [1.29, 1.82) is 0 Å². The molecule has 54 heavy (non-hydrogen) atoms. The van der Waals surface area contributed by atoms with Crippen LogP contribution in [-0.2, 0) is 53.1 Å². The minimum absolute atomic E-state index is 0.0114. The second-order valence-corrected chi connectivity index (χ2v) is 14.6. The van der Waals surface area contributed by atoms with Crippen molar-refractivity contribution in [3.05, 3.63) is 41.7 Å². The van der Waals surface area contributed by atoms with Crippen molar-refractivity contribution in [3.8, 4) is 5.75 Å². The van der Waals surface area contributed by atoms with Gasteiger partial charge in [0.15, 0.2) is 0 Å². The Kier molecular flexibility index (Phi) is 15.3. The number of nitrogens with two attached hydrogens (primary N) is 1. The highest BCUT2D eigenvalue weighted by molar-refractivity contribution is 5.96. The first-order valence-corrected chi connectivity index (χ1v) is 18.8. The monoisotopic (exact) mass is 753 g/mol. The van der Waals surface area contributed by atoms with Crippen LogP contribution in [0.5, 0.6) is 5.75 Å². The van der Waals surface area contributed by atoms with Crippen LogP contribution in [0.3, 0.4) is 0 Å². The third-order valence-corrected chi connectivity index (χ3v) is 9.90. The molecule has 0 bridgehead atoms. The van der Waals surface area contributed by atoms with Crippen LogP contribution >= 0.6 is 0 Å². The third-order valence-electron chi connectivity index (χ3n) is 9.90. The number of phenols is 1. The Balaban J connectivity index is 1.64. The molecule has 17 nitrogen and oxygen atoms in total. The van der Waals surface area contributed by atoms with E-state index in [1.807, 2.05) is 20.8 Å². The van der Waals surface area contributed by atoms with Gasteiger partial charge in [0.05, 0.1) is 25.1 Å². The van der Waals surface area contributed by atoms with Crippen molar-refractivity contribution in [2.24, 2.45) is 17.6 Å². The molecule has 6 atom stereocenters. The van der Waals surface area contributed by atoms with Gasteiger partial charge in [-0.1, -0.05) is 51.5 Å². The number of aromatic hydroxyl groups is 1. The number of primary amides is 1. The molecule has 0 radical (unpaired) electrons. The van der Waals surface area contributed by atoms with Gasteiger partial charge in [-0.2, -0.15) is 0 Å². The molecule has 1 aromatic heterocycles. The Morgan fingerprint density at radius 1 is 1.02 bits per heavy atom. The predicted molar refractivity (Wildman–Crippen MR) is 196 cm³/mol. The van der Waals surface area contributed by atoms with Gasteiger partial charge in [0, 0.05) is 25.9 Å². The number of benzene rings is 1. The van der Waals surface area contributed by atoms with Crippen LogP contribution in [-0.4, -0.2) is 104 Å². The van der Waals surface area contributed by atoms with Gasteiger partial charge >= 0.3 is 0 Å². The first-order valence-electron chi connectivity index (χ1n) is 18.8. The number of carbonyl (C=O) groups excluding carboxylic acids is 6. The number of hydrogen-bond acceptors (Lipinski definition) is 10. The summed E-state index contributed by atoms with van der Waals surface area (Å²) in [4.78, 5) is 82.6. The van der Waals surface area contributed by atoms with Crippen molar-refractivity contribution < 1.29 is 38.6 Å². The van der Waals surface area contributed by atoms with Crippen LogP contribution in [0.4, 0.5) is 0 Å². The van der Waals surface area contributed by atoms with E-state index in [9.17, 15) is 33.9 Å². The number of phenolic OH excluding ortho intramolecular Hbond substituents is 1. The fraction of sp³-hybridized carbons (Fsp3) is 0.622. The molecular weight excluding hydrogens is 698 g/mol. The molecule has 1 aromatic carbocycles. The van der Waals surface area contributed by atoms with Crippen LogP contribution < -0.4 is 27.0 Å². The van der Waals surface area contributed by atoms with Gasteiger partial charge in [0.25, 0.3) is 0 Å². The Morgan fingerprint density at radius 3 is 2.44 bits per heavy atom. The van der Waals surface area contributed by atoms with E-state index in [-0.39, 0.29) is 62.5 Å². The lowest BCUT2D eigenvalue weighted by atomic mass is 9.97. The molecule has 296 valence electrons. The van der Waals surface area contributed by atoms with Crippen molar-refractivity contribution >= 4 is 35.4 Å². The number of ether oxygens (including phenoxy) is 1. The van der Waals surface area contributed by atoms with Crippen LogP contribution in [0, 0.1) is 11.8 Å². The summed E-state index contributed by atoms with van der Waals surface area (Å²) in [6.45, 7) is 7.81. The molecule has 0 spiro atoms. The highest BCUT2D eigenvalue weighted by Gasteiger charge is 2.40. The summed E-state index contributed by atoms with van der Waals surface area (Å²) < 4.78 is 7.54. The quantitative estimate of drug-likeness (QED) is 0.207. The van der Waals surface area contributed by atoms with Crippen LogP contribution in [0.15, 0.2) is 30.5 Å². The maximum absolute atomic E-state index is 14.2. The van der Waals surface area contributed by atoms with Crippen LogP contribution in [0.2, 0.25) is 0 Å². The number of carbonyl (C=O) groups is 6. The number of rotatable bonds is 9. The lowest BCUT2D eigenvalue weighted by molar-refractivity contribution is -0.142. The van der Waals surface area contributed by atoms with Gasteiger partial charge < -0.3 is 41.7 Å². The molecule has 17 heteroatoms. The fourth-order valence-electron chi connectivity index (χ4n) is 6.63. The molecule has 2 aliphatic rings. The fourth-order valence-corrected chi connectivity index (χ4v) is 6.63. The van der Waals surface area contributed by atoms with E-state index in [2.05, 4.69) is 31.6 Å². The van der Waals surface area contributed by atoms with Crippen molar-refractivity contribution in [3.63, 3.8) is 0 Å². The number of aryl methyl sites for hydroxylation is 1. The van der Waals surface area contributed by atoms with Crippen molar-refractivity contribution in [2.45, 2.75) is 122 Å². The highest BCUT2D eigenvalue weighted by Crippen LogP contribution is 2.22. The lowest BCUT2D eigenvalue weighted by Crippen LogP contribution is -2.60. The van der Waals surface area contributed by atoms with E-state index in [4.69, 9.17) is 10.5 Å². The van der Waals surface area contributed by atoms with Crippen LogP contribution in [0.1, 0.15) is 83.9 Å². The molecule has 6 amide bonds. The summed E-state index contributed by atoms with van der Waals surface area (Å²) in [7, 11) is 0. The van der Waals surface area contributed by atoms with E-state index in [1.54, 1.807) is 23.7 Å². The molecule has 1 saturated heterocycles. The zero-order valence-corrected chi connectivity index (χ0v) is 31.6. The van der Waals surface area contributed by atoms with Gasteiger partial charge in [-0.05, 0) is 61.6 Å². The van der Waals surface area contributed by atoms with Gasteiger partial charge in [0.2, 0.25) is 35.4 Å². The predicted octanol–water partition coefficient (Wildman–Crippen LogP) is 0.435. The Hall–Kier alpha value is -5.06. The van der Waals surface area contributed by atoms with Crippen molar-refractivity contribution in [2.75, 3.05) is 13.2 Å². The average Bonchev–Trinajstić information content (AvgIpc) is 3.81. The number of hydrogen-bond donors (Lipinski definition) is 6. The maximum atomic E-state index is 14.2. The minimum atomic E-state index is -1.27. The molecule has 0 aliphatic carbocycles. The first kappa shape index (κ1) is 41.7. The maximum Gasteiger partial charge on any atom is 0.246 e. The smallest absolute Gasteiger partial charge is 0.246 e. The summed E-state index contributed by atoms with van der Waals surface area (Å²) in [6.07, 6.45) is 4.47. The number of fused-ring (bicyclic) bond motifs is 2. The lowest BCUT2D eigenvalue weighted by Gasteiger charge is -2.31. The van der Waals surface area contributed by atoms with Crippen LogP contribution in [0.25, 0.3) is 0 Å². The second kappa shape index (κ2) is 19.9. The zero-order chi connectivity index (χ0) is 39.4. The summed E-state index contributed by atoms with van der Waals surface area (Å²) >= 11 is 0. The van der Waals surface area contributed by atoms with Crippen molar-refractivity contribution in [1.82, 2.24) is 41.2 Å². The van der Waals surface area contributed by atoms with E-state index >= 15 is 0 Å². The molecular formula is C37H55N9O8. The standard InChI is InChI=1S/C37H55N9O8/c1-5-23(4)32-36(52)42-29(34(50)41-27(33(38)49)17-22(2)3)21-54-20-25-19-39-44-46(25)16-7-6-10-31(48)40-28(18-24-11-13-26(47)14-12-24)37(53)45-15-8-9-30(45)35(51)43-32/h11-14,19,22-23,27-30,32,47H,5-10,15-18,20-21H2,1-4H3,(H2,38,49)(H,40,48)(H,41,50)(H,42,52)(H,43,51)/t23-,27-,28-,29-,30-,32-/m0/s1. The van der Waals surface area contributed by atoms with Gasteiger partial charge in [-0.15, -0.1) is 5.10 Å². The Bertz CT molecular complexity index is 1610. The summed E-state index contributed by atoms with van der Waals surface area (Å²) in [5.74, 6) is -3.63. The highest BCUT2D eigenvalue weighted by atomic mass is 16.5. The summed E-state index contributed by atoms with van der Waals surface area (Å²) in [5.41, 5.74) is 6.89. The number of nitrogens with one attached hydrogen (secondary N) is 4. The molecule has 3 heterocycles. The summed E-state index contributed by atoms with van der Waals surface area (Å²) in [5, 5.41) is 29.0. The first-order chi connectivity index (χ1) is 25.8. The molecule has 2 aliphatic heterocycles. The molecule has 0 unspecified atom stereocenters. The molecule has 2 aromatic rings. The van der Waals surface area contributed by atoms with E-state index in [1.165, 1.54) is 23.2 Å². The summed E-state index contributed by atoms with van der Waals surface area (Å²) in [6, 6.07) is 1.10. The van der Waals surface area contributed by atoms with Gasteiger partial charge in [-0.3, -0.25) is 28.8 Å². The zero-order valence-electron chi connectivity index (χ0n) is 31.6. The SMILES string of the molecule is CC[C@H](C)[C@@H]1NC(=O)[C@@H]2CCCN2C(=O)[C@H](Cc2ccc(O)cc2)NC(=O)CCCCn2nncc2COC[C@@H](C(=O)N[C@@H](CC(C)C)C(N)=O)NC1=O. The Labute approximate surface area is 315 Å². The van der Waals surface area contributed by atoms with Gasteiger partial charge in [-0.25, -0.2) is 4.68 Å². The topological polar surface area (TPSA) is 240 Å². The number of nitrogens with zero attached hydrogens (tertiary/aromatic N) is 4. The molecule has 4 rings (SSSR count). The Morgan fingerprint density at radius 2 is 1.76 bits per heavy atom. The molecule has 7 N–H and O–H groups in total. The van der Waals surface area contributed by atoms with E-state index < -0.39 is 59.7 Å². The largest absolute Gasteiger partial charge is 0.508 e. The molecule has 1 fully saturated rings. The number of amides is 6. The normalized spacial score (nSPS) is 23.5. The molecule has 0 saturated carbocycles.